The van der Waals surface area contributed by atoms with Crippen LogP contribution >= 0.6 is 11.6 Å². The SMILES string of the molecule is O=C(NCc1cc(F)cc(Cl)c1)[C@]1(O)CCN(c2ccc3[nH]c(=O)ccc3c2)C1=O. The van der Waals surface area contributed by atoms with Crippen molar-refractivity contribution in [3.8, 4) is 0 Å². The highest BCUT2D eigenvalue weighted by molar-refractivity contribution is 6.30. The van der Waals surface area contributed by atoms with Gasteiger partial charge in [-0.1, -0.05) is 11.6 Å². The summed E-state index contributed by atoms with van der Waals surface area (Å²) in [6.07, 6.45) is -0.0920. The molecule has 3 aromatic rings. The third-order valence-corrected chi connectivity index (χ3v) is 5.28. The van der Waals surface area contributed by atoms with Gasteiger partial charge in [0.05, 0.1) is 0 Å². The summed E-state index contributed by atoms with van der Waals surface area (Å²) >= 11 is 5.80. The first-order chi connectivity index (χ1) is 14.3. The molecule has 1 aliphatic rings. The average Bonchev–Trinajstić information content (AvgIpc) is 3.01. The van der Waals surface area contributed by atoms with E-state index in [2.05, 4.69) is 10.3 Å². The highest BCUT2D eigenvalue weighted by Gasteiger charge is 2.51. The van der Waals surface area contributed by atoms with Crippen LogP contribution in [0.1, 0.15) is 12.0 Å². The van der Waals surface area contributed by atoms with Crippen molar-refractivity contribution < 1.29 is 19.1 Å². The normalized spacial score (nSPS) is 18.8. The zero-order valence-corrected chi connectivity index (χ0v) is 16.4. The van der Waals surface area contributed by atoms with Gasteiger partial charge in [-0.05, 0) is 48.0 Å². The van der Waals surface area contributed by atoms with E-state index in [9.17, 15) is 23.9 Å². The van der Waals surface area contributed by atoms with Gasteiger partial charge in [-0.2, -0.15) is 0 Å². The molecule has 2 aromatic carbocycles. The summed E-state index contributed by atoms with van der Waals surface area (Å²) in [7, 11) is 0. The van der Waals surface area contributed by atoms with E-state index in [1.54, 1.807) is 24.3 Å². The Hall–Kier alpha value is -3.23. The van der Waals surface area contributed by atoms with Crippen molar-refractivity contribution in [2.75, 3.05) is 11.4 Å². The van der Waals surface area contributed by atoms with Crippen molar-refractivity contribution in [3.63, 3.8) is 0 Å². The number of hydrogen-bond donors (Lipinski definition) is 3. The molecule has 1 aliphatic heterocycles. The molecule has 2 amide bonds. The Bertz CT molecular complexity index is 1210. The lowest BCUT2D eigenvalue weighted by atomic mass is 10.0. The van der Waals surface area contributed by atoms with E-state index in [-0.39, 0.29) is 30.1 Å². The Kier molecular flexibility index (Phi) is 5.05. The fourth-order valence-electron chi connectivity index (χ4n) is 3.51. The smallest absolute Gasteiger partial charge is 0.268 e. The molecule has 1 saturated heterocycles. The van der Waals surface area contributed by atoms with Crippen LogP contribution in [-0.2, 0) is 16.1 Å². The summed E-state index contributed by atoms with van der Waals surface area (Å²) in [5.41, 5.74) is -0.947. The van der Waals surface area contributed by atoms with Crippen LogP contribution < -0.4 is 15.8 Å². The van der Waals surface area contributed by atoms with Crippen molar-refractivity contribution in [1.82, 2.24) is 10.3 Å². The van der Waals surface area contributed by atoms with Crippen molar-refractivity contribution in [2.45, 2.75) is 18.6 Å². The molecule has 0 radical (unpaired) electrons. The van der Waals surface area contributed by atoms with Crippen LogP contribution in [0.25, 0.3) is 10.9 Å². The quantitative estimate of drug-likeness (QED) is 0.553. The Morgan fingerprint density at radius 2 is 2.00 bits per heavy atom. The first kappa shape index (κ1) is 20.1. The van der Waals surface area contributed by atoms with Gasteiger partial charge < -0.3 is 20.3 Å². The van der Waals surface area contributed by atoms with Gasteiger partial charge in [-0.25, -0.2) is 4.39 Å². The number of nitrogens with zero attached hydrogens (tertiary/aromatic N) is 1. The van der Waals surface area contributed by atoms with Crippen LogP contribution in [0, 0.1) is 5.82 Å². The van der Waals surface area contributed by atoms with Crippen LogP contribution in [0.5, 0.6) is 0 Å². The highest BCUT2D eigenvalue weighted by atomic mass is 35.5. The molecule has 0 unspecified atom stereocenters. The van der Waals surface area contributed by atoms with Gasteiger partial charge in [0.1, 0.15) is 5.82 Å². The second kappa shape index (κ2) is 7.55. The summed E-state index contributed by atoms with van der Waals surface area (Å²) < 4.78 is 13.4. The molecule has 4 rings (SSSR count). The molecule has 7 nitrogen and oxygen atoms in total. The number of H-pyrrole nitrogens is 1. The number of benzene rings is 2. The van der Waals surface area contributed by atoms with Crippen LogP contribution in [0.3, 0.4) is 0 Å². The maximum absolute atomic E-state index is 13.4. The van der Waals surface area contributed by atoms with E-state index in [1.165, 1.54) is 23.1 Å². The molecule has 0 bridgehead atoms. The molecular formula is C21H17ClFN3O4. The minimum Gasteiger partial charge on any atom is -0.372 e. The zero-order chi connectivity index (χ0) is 21.5. The Morgan fingerprint density at radius 1 is 1.20 bits per heavy atom. The lowest BCUT2D eigenvalue weighted by Gasteiger charge is -2.22. The van der Waals surface area contributed by atoms with Gasteiger partial charge >= 0.3 is 0 Å². The molecular weight excluding hydrogens is 413 g/mol. The van der Waals surface area contributed by atoms with E-state index < -0.39 is 23.2 Å². The number of anilines is 1. The molecule has 1 fully saturated rings. The first-order valence-electron chi connectivity index (χ1n) is 9.17. The summed E-state index contributed by atoms with van der Waals surface area (Å²) in [6.45, 7) is 0.0542. The van der Waals surface area contributed by atoms with Crippen molar-refractivity contribution in [2.24, 2.45) is 0 Å². The third-order valence-electron chi connectivity index (χ3n) is 5.07. The number of carbonyl (C=O) groups excluding carboxylic acids is 2. The van der Waals surface area contributed by atoms with Crippen LogP contribution in [0.15, 0.2) is 53.3 Å². The van der Waals surface area contributed by atoms with Crippen LogP contribution in [0.4, 0.5) is 10.1 Å². The number of nitrogens with one attached hydrogen (secondary N) is 2. The molecule has 30 heavy (non-hydrogen) atoms. The molecule has 0 spiro atoms. The van der Waals surface area contributed by atoms with Gasteiger partial charge in [-0.3, -0.25) is 14.4 Å². The molecule has 2 heterocycles. The predicted molar refractivity (Wildman–Crippen MR) is 110 cm³/mol. The van der Waals surface area contributed by atoms with Crippen LogP contribution in [-0.4, -0.2) is 34.1 Å². The molecule has 3 N–H and O–H groups in total. The maximum atomic E-state index is 13.4. The minimum absolute atomic E-state index is 0.0881. The van der Waals surface area contributed by atoms with E-state index in [0.717, 1.165) is 6.07 Å². The summed E-state index contributed by atoms with van der Waals surface area (Å²) in [6, 6.07) is 11.8. The van der Waals surface area contributed by atoms with E-state index in [1.807, 2.05) is 0 Å². The number of pyridine rings is 1. The molecule has 0 aliphatic carbocycles. The van der Waals surface area contributed by atoms with Crippen molar-refractivity contribution in [1.29, 1.82) is 0 Å². The highest BCUT2D eigenvalue weighted by Crippen LogP contribution is 2.30. The first-order valence-corrected chi connectivity index (χ1v) is 9.55. The van der Waals surface area contributed by atoms with Gasteiger partial charge in [0.2, 0.25) is 11.2 Å². The van der Waals surface area contributed by atoms with E-state index in [0.29, 0.717) is 22.2 Å². The number of hydrogen-bond acceptors (Lipinski definition) is 4. The molecule has 1 aromatic heterocycles. The largest absolute Gasteiger partial charge is 0.372 e. The maximum Gasteiger partial charge on any atom is 0.268 e. The molecule has 0 saturated carbocycles. The molecule has 9 heteroatoms. The van der Waals surface area contributed by atoms with Crippen molar-refractivity contribution >= 4 is 40.0 Å². The van der Waals surface area contributed by atoms with E-state index >= 15 is 0 Å². The Labute approximate surface area is 175 Å². The predicted octanol–water partition coefficient (Wildman–Crippen LogP) is 2.10. The number of amides is 2. The van der Waals surface area contributed by atoms with Crippen molar-refractivity contribution in [3.05, 3.63) is 75.3 Å². The van der Waals surface area contributed by atoms with Gasteiger partial charge in [0, 0.05) is 47.2 Å². The standard InChI is InChI=1S/C21H17ClFN3O4/c22-14-7-12(8-15(23)10-14)11-24-19(28)21(30)5-6-26(20(21)29)16-2-3-17-13(9-16)1-4-18(27)25-17/h1-4,7-10,30H,5-6,11H2,(H,24,28)(H,25,27)/t21-/m1/s1. The molecule has 1 atom stereocenters. The molecule has 154 valence electrons. The number of halogens is 2. The number of aliphatic hydroxyl groups is 1. The Morgan fingerprint density at radius 3 is 2.77 bits per heavy atom. The summed E-state index contributed by atoms with van der Waals surface area (Å²) in [5, 5.41) is 14.1. The van der Waals surface area contributed by atoms with Gasteiger partial charge in [-0.15, -0.1) is 0 Å². The zero-order valence-electron chi connectivity index (χ0n) is 15.6. The number of aromatic nitrogens is 1. The lowest BCUT2D eigenvalue weighted by Crippen LogP contribution is -2.52. The second-order valence-electron chi connectivity index (χ2n) is 7.12. The second-order valence-corrected chi connectivity index (χ2v) is 7.56. The van der Waals surface area contributed by atoms with Gasteiger partial charge in [0.15, 0.2) is 0 Å². The third kappa shape index (κ3) is 3.67. The average molecular weight is 430 g/mol. The number of rotatable bonds is 4. The topological polar surface area (TPSA) is 102 Å². The van der Waals surface area contributed by atoms with Gasteiger partial charge in [0.25, 0.3) is 11.8 Å². The van der Waals surface area contributed by atoms with E-state index in [4.69, 9.17) is 11.6 Å². The summed E-state index contributed by atoms with van der Waals surface area (Å²) in [4.78, 5) is 40.8. The lowest BCUT2D eigenvalue weighted by molar-refractivity contribution is -0.149. The van der Waals surface area contributed by atoms with Crippen LogP contribution in [0.2, 0.25) is 5.02 Å². The Balaban J connectivity index is 1.51. The monoisotopic (exact) mass is 429 g/mol. The number of fused-ring (bicyclic) bond motifs is 1. The number of aromatic amines is 1. The fourth-order valence-corrected chi connectivity index (χ4v) is 3.76. The fraction of sp³-hybridized carbons (Fsp3) is 0.190. The number of carbonyl (C=O) groups is 2. The minimum atomic E-state index is -2.23. The summed E-state index contributed by atoms with van der Waals surface area (Å²) in [5.74, 6) is -2.16.